The number of carbonyl (C=O) groups excluding carboxylic acids is 1. The molecule has 4 N–H and O–H groups in total. The van der Waals surface area contributed by atoms with Gasteiger partial charge in [0.05, 0.1) is 13.4 Å². The molecule has 1 aromatic carbocycles. The van der Waals surface area contributed by atoms with Crippen molar-refractivity contribution in [2.45, 2.75) is 0 Å². The first-order valence-electron chi connectivity index (χ1n) is 7.20. The van der Waals surface area contributed by atoms with Crippen molar-refractivity contribution >= 4 is 17.4 Å². The summed E-state index contributed by atoms with van der Waals surface area (Å²) in [6.45, 7) is 0. The second-order valence-corrected chi connectivity index (χ2v) is 4.75. The van der Waals surface area contributed by atoms with E-state index in [2.05, 4.69) is 20.8 Å². The molecule has 0 radical (unpaired) electrons. The van der Waals surface area contributed by atoms with Crippen LogP contribution in [0.4, 0.5) is 11.5 Å². The number of nitrogens with two attached hydrogens (primary N) is 1. The van der Waals surface area contributed by atoms with E-state index in [0.29, 0.717) is 11.5 Å². The zero-order valence-electron chi connectivity index (χ0n) is 13.2. The second-order valence-electron chi connectivity index (χ2n) is 4.75. The number of hydrazine groups is 1. The van der Waals surface area contributed by atoms with Crippen molar-refractivity contribution in [3.63, 3.8) is 0 Å². The third-order valence-electron chi connectivity index (χ3n) is 3.16. The van der Waals surface area contributed by atoms with E-state index in [9.17, 15) is 4.79 Å². The van der Waals surface area contributed by atoms with Crippen LogP contribution < -0.4 is 26.1 Å². The molecule has 0 saturated carbocycles. The zero-order chi connectivity index (χ0) is 17.6. The van der Waals surface area contributed by atoms with E-state index in [0.717, 1.165) is 0 Å². The summed E-state index contributed by atoms with van der Waals surface area (Å²) >= 11 is 0. The molecule has 9 nitrogen and oxygen atoms in total. The number of rotatable bonds is 6. The van der Waals surface area contributed by atoms with Crippen LogP contribution in [-0.4, -0.2) is 23.0 Å². The smallest absolute Gasteiger partial charge is 0.305 e. The van der Waals surface area contributed by atoms with Crippen LogP contribution in [0.25, 0.3) is 0 Å². The van der Waals surface area contributed by atoms with E-state index in [4.69, 9.17) is 19.6 Å². The Labute approximate surface area is 142 Å². The summed E-state index contributed by atoms with van der Waals surface area (Å²) in [4.78, 5) is 19.8. The van der Waals surface area contributed by atoms with Gasteiger partial charge in [0.15, 0.2) is 23.1 Å². The minimum atomic E-state index is -0.477. The summed E-state index contributed by atoms with van der Waals surface area (Å²) < 4.78 is 15.9. The van der Waals surface area contributed by atoms with Crippen LogP contribution in [0.2, 0.25) is 0 Å². The quantitative estimate of drug-likeness (QED) is 0.583. The van der Waals surface area contributed by atoms with Gasteiger partial charge in [0.2, 0.25) is 5.88 Å². The molecular formula is C16H15N5O4. The number of carbonyl (C=O) groups is 1. The number of nitrogens with zero attached hydrogens (tertiary/aromatic N) is 2. The van der Waals surface area contributed by atoms with E-state index in [1.807, 2.05) is 6.07 Å². The maximum atomic E-state index is 11.9. The second kappa shape index (κ2) is 7.21. The van der Waals surface area contributed by atoms with Gasteiger partial charge in [0.25, 0.3) is 0 Å². The molecule has 3 rings (SSSR count). The predicted molar refractivity (Wildman–Crippen MR) is 89.3 cm³/mol. The Morgan fingerprint density at radius 1 is 1.16 bits per heavy atom. The van der Waals surface area contributed by atoms with Gasteiger partial charge in [0.1, 0.15) is 12.0 Å². The zero-order valence-corrected chi connectivity index (χ0v) is 13.2. The molecule has 2 heterocycles. The average molecular weight is 341 g/mol. The standard InChI is InChI=1S/C16H15N5O4/c1-23-10-5-2-3-6-11(10)25-16-13(17)14(18-9-19-16)20-21-15(22)12-7-4-8-24-12/h2-9H,17H2,1H3,(H,21,22)(H,18,19,20). The lowest BCUT2D eigenvalue weighted by Gasteiger charge is -2.13. The van der Waals surface area contributed by atoms with Gasteiger partial charge >= 0.3 is 5.91 Å². The SMILES string of the molecule is COc1ccccc1Oc1ncnc(NNC(=O)c2ccco2)c1N. The highest BCUT2D eigenvalue weighted by molar-refractivity contribution is 5.92. The van der Waals surface area contributed by atoms with Gasteiger partial charge in [-0.3, -0.25) is 15.6 Å². The molecule has 0 aliphatic heterocycles. The Kier molecular flexibility index (Phi) is 4.65. The third kappa shape index (κ3) is 3.61. The number of methoxy groups -OCH3 is 1. The highest BCUT2D eigenvalue weighted by Crippen LogP contribution is 2.34. The Hall–Kier alpha value is -3.75. The topological polar surface area (TPSA) is 125 Å². The number of furan rings is 1. The summed E-state index contributed by atoms with van der Waals surface area (Å²) in [7, 11) is 1.53. The lowest BCUT2D eigenvalue weighted by Crippen LogP contribution is -2.30. The predicted octanol–water partition coefficient (Wildman–Crippen LogP) is 2.21. The molecule has 0 fully saturated rings. The minimum absolute atomic E-state index is 0.119. The minimum Gasteiger partial charge on any atom is -0.493 e. The number of ether oxygens (including phenoxy) is 2. The number of para-hydroxylation sites is 2. The number of amides is 1. The molecule has 2 aromatic heterocycles. The first kappa shape index (κ1) is 16.1. The van der Waals surface area contributed by atoms with Gasteiger partial charge in [-0.25, -0.2) is 4.98 Å². The number of hydrogen-bond acceptors (Lipinski definition) is 8. The van der Waals surface area contributed by atoms with Gasteiger partial charge < -0.3 is 19.6 Å². The van der Waals surface area contributed by atoms with E-state index in [1.54, 1.807) is 24.3 Å². The molecule has 9 heteroatoms. The van der Waals surface area contributed by atoms with Crippen molar-refractivity contribution in [1.29, 1.82) is 0 Å². The van der Waals surface area contributed by atoms with Crippen molar-refractivity contribution in [1.82, 2.24) is 15.4 Å². The number of hydrogen-bond donors (Lipinski definition) is 3. The maximum Gasteiger partial charge on any atom is 0.305 e. The fourth-order valence-corrected chi connectivity index (χ4v) is 1.95. The molecule has 128 valence electrons. The Bertz CT molecular complexity index is 867. The molecule has 0 spiro atoms. The largest absolute Gasteiger partial charge is 0.493 e. The van der Waals surface area contributed by atoms with Crippen molar-refractivity contribution in [3.8, 4) is 17.4 Å². The Balaban J connectivity index is 1.75. The van der Waals surface area contributed by atoms with Crippen LogP contribution in [-0.2, 0) is 0 Å². The molecule has 3 aromatic rings. The van der Waals surface area contributed by atoms with Gasteiger partial charge in [-0.15, -0.1) is 0 Å². The van der Waals surface area contributed by atoms with Crippen molar-refractivity contribution in [3.05, 3.63) is 54.7 Å². The lowest BCUT2D eigenvalue weighted by molar-refractivity contribution is 0.0935. The number of nitrogen functional groups attached to an aromatic ring is 1. The van der Waals surface area contributed by atoms with Crippen molar-refractivity contribution in [2.75, 3.05) is 18.3 Å². The van der Waals surface area contributed by atoms with E-state index >= 15 is 0 Å². The van der Waals surface area contributed by atoms with Crippen LogP contribution in [0.3, 0.4) is 0 Å². The molecule has 0 atom stereocenters. The Morgan fingerprint density at radius 2 is 1.96 bits per heavy atom. The van der Waals surface area contributed by atoms with Gasteiger partial charge in [-0.2, -0.15) is 4.98 Å². The van der Waals surface area contributed by atoms with Crippen LogP contribution in [0, 0.1) is 0 Å². The molecule has 0 saturated heterocycles. The average Bonchev–Trinajstić information content (AvgIpc) is 3.17. The monoisotopic (exact) mass is 341 g/mol. The first-order valence-corrected chi connectivity index (χ1v) is 7.20. The van der Waals surface area contributed by atoms with Crippen molar-refractivity contribution < 1.29 is 18.7 Å². The number of benzene rings is 1. The van der Waals surface area contributed by atoms with Gasteiger partial charge in [-0.05, 0) is 24.3 Å². The fraction of sp³-hybridized carbons (Fsp3) is 0.0625. The normalized spacial score (nSPS) is 10.1. The highest BCUT2D eigenvalue weighted by Gasteiger charge is 2.14. The molecular weight excluding hydrogens is 326 g/mol. The van der Waals surface area contributed by atoms with Crippen LogP contribution in [0.15, 0.2) is 53.4 Å². The Morgan fingerprint density at radius 3 is 2.68 bits per heavy atom. The van der Waals surface area contributed by atoms with Crippen LogP contribution in [0.5, 0.6) is 17.4 Å². The first-order chi connectivity index (χ1) is 12.2. The maximum absolute atomic E-state index is 11.9. The molecule has 0 unspecified atom stereocenters. The number of nitrogens with one attached hydrogen (secondary N) is 2. The van der Waals surface area contributed by atoms with Crippen molar-refractivity contribution in [2.24, 2.45) is 0 Å². The number of anilines is 2. The molecule has 25 heavy (non-hydrogen) atoms. The van der Waals surface area contributed by atoms with E-state index in [1.165, 1.54) is 25.8 Å². The van der Waals surface area contributed by atoms with Crippen LogP contribution >= 0.6 is 0 Å². The highest BCUT2D eigenvalue weighted by atomic mass is 16.5. The summed E-state index contributed by atoms with van der Waals surface area (Å²) in [6, 6.07) is 10.2. The number of aromatic nitrogens is 2. The molecule has 0 bridgehead atoms. The summed E-state index contributed by atoms with van der Waals surface area (Å²) in [5, 5.41) is 0. The molecule has 0 aliphatic carbocycles. The van der Waals surface area contributed by atoms with Crippen LogP contribution in [0.1, 0.15) is 10.6 Å². The third-order valence-corrected chi connectivity index (χ3v) is 3.16. The summed E-state index contributed by atoms with van der Waals surface area (Å²) in [5.41, 5.74) is 11.1. The molecule has 1 amide bonds. The lowest BCUT2D eigenvalue weighted by atomic mass is 10.3. The van der Waals surface area contributed by atoms with Gasteiger partial charge in [0, 0.05) is 0 Å². The van der Waals surface area contributed by atoms with E-state index in [-0.39, 0.29) is 23.1 Å². The van der Waals surface area contributed by atoms with E-state index < -0.39 is 5.91 Å². The summed E-state index contributed by atoms with van der Waals surface area (Å²) in [6.07, 6.45) is 2.65. The van der Waals surface area contributed by atoms with Gasteiger partial charge in [-0.1, -0.05) is 12.1 Å². The summed E-state index contributed by atoms with van der Waals surface area (Å²) in [5.74, 6) is 0.942. The molecule has 0 aliphatic rings. The fourth-order valence-electron chi connectivity index (χ4n) is 1.95.